The van der Waals surface area contributed by atoms with Crippen molar-refractivity contribution >= 4 is 9.84 Å². The SMILES string of the molecule is NCCNCCCS(=O)(=O)CCCNCCN. The Bertz CT molecular complexity index is 237. The molecule has 0 atom stereocenters. The number of hydrogen-bond acceptors (Lipinski definition) is 6. The average molecular weight is 266 g/mol. The van der Waals surface area contributed by atoms with E-state index in [1.54, 1.807) is 0 Å². The van der Waals surface area contributed by atoms with Gasteiger partial charge in [-0.3, -0.25) is 0 Å². The number of nitrogens with one attached hydrogen (secondary N) is 2. The second kappa shape index (κ2) is 10.9. The first kappa shape index (κ1) is 16.8. The third-order valence-corrected chi connectivity index (χ3v) is 4.08. The minimum atomic E-state index is -2.90. The number of hydrogen-bond donors (Lipinski definition) is 4. The zero-order valence-corrected chi connectivity index (χ0v) is 11.3. The molecule has 0 saturated carbocycles. The molecule has 0 saturated heterocycles. The summed E-state index contributed by atoms with van der Waals surface area (Å²) < 4.78 is 23.2. The van der Waals surface area contributed by atoms with Gasteiger partial charge in [0, 0.05) is 26.2 Å². The predicted octanol–water partition coefficient (Wildman–Crippen LogP) is -1.72. The molecule has 0 heterocycles. The van der Waals surface area contributed by atoms with Gasteiger partial charge in [-0.1, -0.05) is 0 Å². The Kier molecular flexibility index (Phi) is 10.8. The molecule has 0 fully saturated rings. The van der Waals surface area contributed by atoms with E-state index in [0.29, 0.717) is 39.0 Å². The van der Waals surface area contributed by atoms with Gasteiger partial charge < -0.3 is 22.1 Å². The van der Waals surface area contributed by atoms with Crippen LogP contribution in [0.2, 0.25) is 0 Å². The monoisotopic (exact) mass is 266 g/mol. The van der Waals surface area contributed by atoms with E-state index in [2.05, 4.69) is 10.6 Å². The van der Waals surface area contributed by atoms with Crippen molar-refractivity contribution in [3.63, 3.8) is 0 Å². The van der Waals surface area contributed by atoms with Gasteiger partial charge in [-0.15, -0.1) is 0 Å². The van der Waals surface area contributed by atoms with E-state index in [1.165, 1.54) is 0 Å². The highest BCUT2D eigenvalue weighted by Gasteiger charge is 2.09. The summed E-state index contributed by atoms with van der Waals surface area (Å²) >= 11 is 0. The fraction of sp³-hybridized carbons (Fsp3) is 1.00. The summed E-state index contributed by atoms with van der Waals surface area (Å²) in [6.07, 6.45) is 1.30. The highest BCUT2D eigenvalue weighted by molar-refractivity contribution is 7.91. The summed E-state index contributed by atoms with van der Waals surface area (Å²) in [6, 6.07) is 0. The lowest BCUT2D eigenvalue weighted by Gasteiger charge is -2.06. The van der Waals surface area contributed by atoms with Crippen LogP contribution in [0, 0.1) is 0 Å². The van der Waals surface area contributed by atoms with Crippen LogP contribution in [0.1, 0.15) is 12.8 Å². The smallest absolute Gasteiger partial charge is 0.150 e. The second-order valence-electron chi connectivity index (χ2n) is 3.94. The fourth-order valence-electron chi connectivity index (χ4n) is 1.39. The van der Waals surface area contributed by atoms with Crippen molar-refractivity contribution in [1.82, 2.24) is 10.6 Å². The van der Waals surface area contributed by atoms with Gasteiger partial charge in [-0.2, -0.15) is 0 Å². The molecule has 0 bridgehead atoms. The minimum Gasteiger partial charge on any atom is -0.329 e. The molecule has 0 aromatic carbocycles. The molecule has 0 aromatic heterocycles. The normalized spacial score (nSPS) is 11.9. The van der Waals surface area contributed by atoms with Gasteiger partial charge in [0.2, 0.25) is 0 Å². The fourth-order valence-corrected chi connectivity index (χ4v) is 2.76. The van der Waals surface area contributed by atoms with Gasteiger partial charge >= 0.3 is 0 Å². The highest BCUT2D eigenvalue weighted by Crippen LogP contribution is 1.96. The highest BCUT2D eigenvalue weighted by atomic mass is 32.2. The van der Waals surface area contributed by atoms with Crippen molar-refractivity contribution < 1.29 is 8.42 Å². The first-order chi connectivity index (χ1) is 8.12. The third-order valence-electron chi connectivity index (χ3n) is 2.26. The van der Waals surface area contributed by atoms with Crippen LogP contribution in [0.4, 0.5) is 0 Å². The molecule has 17 heavy (non-hydrogen) atoms. The summed E-state index contributed by atoms with van der Waals surface area (Å²) in [7, 11) is -2.90. The second-order valence-corrected chi connectivity index (χ2v) is 6.24. The summed E-state index contributed by atoms with van der Waals surface area (Å²) in [5.74, 6) is 0.503. The first-order valence-corrected chi connectivity index (χ1v) is 7.96. The number of sulfone groups is 1. The third kappa shape index (κ3) is 12.0. The quantitative estimate of drug-likeness (QED) is 0.313. The van der Waals surface area contributed by atoms with E-state index in [9.17, 15) is 8.42 Å². The minimum absolute atomic E-state index is 0.251. The van der Waals surface area contributed by atoms with Crippen molar-refractivity contribution in [3.05, 3.63) is 0 Å². The lowest BCUT2D eigenvalue weighted by atomic mass is 10.4. The van der Waals surface area contributed by atoms with Crippen molar-refractivity contribution in [1.29, 1.82) is 0 Å². The number of rotatable bonds is 12. The van der Waals surface area contributed by atoms with Gasteiger partial charge in [0.15, 0.2) is 0 Å². The van der Waals surface area contributed by atoms with Crippen molar-refractivity contribution in [2.45, 2.75) is 12.8 Å². The van der Waals surface area contributed by atoms with E-state index in [-0.39, 0.29) is 11.5 Å². The molecular weight excluding hydrogens is 240 g/mol. The molecule has 0 aliphatic rings. The van der Waals surface area contributed by atoms with E-state index in [1.807, 2.05) is 0 Å². The Balaban J connectivity index is 3.46. The Hall–Kier alpha value is -0.210. The van der Waals surface area contributed by atoms with Gasteiger partial charge in [-0.05, 0) is 25.9 Å². The summed E-state index contributed by atoms with van der Waals surface area (Å²) in [4.78, 5) is 0. The molecular formula is C10H26N4O2S. The van der Waals surface area contributed by atoms with Gasteiger partial charge in [0.1, 0.15) is 9.84 Å². The molecule has 7 heteroatoms. The zero-order chi connectivity index (χ0) is 13.0. The predicted molar refractivity (Wildman–Crippen MR) is 71.7 cm³/mol. The van der Waals surface area contributed by atoms with Crippen LogP contribution in [0.25, 0.3) is 0 Å². The van der Waals surface area contributed by atoms with E-state index in [4.69, 9.17) is 11.5 Å². The Labute approximate surface area is 104 Å². The molecule has 6 N–H and O–H groups in total. The maximum atomic E-state index is 11.6. The summed E-state index contributed by atoms with van der Waals surface area (Å²) in [5, 5.41) is 6.15. The summed E-state index contributed by atoms with van der Waals surface area (Å²) in [5.41, 5.74) is 10.6. The molecule has 104 valence electrons. The lowest BCUT2D eigenvalue weighted by Crippen LogP contribution is -2.26. The standard InChI is InChI=1S/C10H26N4O2S/c11-3-7-13-5-1-9-17(15,16)10-2-6-14-8-4-12/h13-14H,1-12H2. The van der Waals surface area contributed by atoms with Crippen LogP contribution in [-0.2, 0) is 9.84 Å². The molecule has 0 aliphatic heterocycles. The molecule has 0 aromatic rings. The van der Waals surface area contributed by atoms with Crippen LogP contribution >= 0.6 is 0 Å². The topological polar surface area (TPSA) is 110 Å². The van der Waals surface area contributed by atoms with Crippen LogP contribution < -0.4 is 22.1 Å². The molecule has 0 amide bonds. The van der Waals surface area contributed by atoms with Crippen molar-refractivity contribution in [3.8, 4) is 0 Å². The molecule has 0 unspecified atom stereocenters. The molecule has 0 radical (unpaired) electrons. The average Bonchev–Trinajstić information content (AvgIpc) is 2.28. The van der Waals surface area contributed by atoms with Gasteiger partial charge in [0.25, 0.3) is 0 Å². The zero-order valence-electron chi connectivity index (χ0n) is 10.5. The molecule has 6 nitrogen and oxygen atoms in total. The number of nitrogens with two attached hydrogens (primary N) is 2. The van der Waals surface area contributed by atoms with Gasteiger partial charge in [0.05, 0.1) is 11.5 Å². The Morgan fingerprint density at radius 3 is 1.53 bits per heavy atom. The van der Waals surface area contributed by atoms with Gasteiger partial charge in [-0.25, -0.2) is 8.42 Å². The molecule has 0 aliphatic carbocycles. The maximum absolute atomic E-state index is 11.6. The molecule has 0 spiro atoms. The molecule has 0 rings (SSSR count). The van der Waals surface area contributed by atoms with Crippen LogP contribution in [0.3, 0.4) is 0 Å². The van der Waals surface area contributed by atoms with E-state index < -0.39 is 9.84 Å². The Morgan fingerprint density at radius 1 is 0.765 bits per heavy atom. The van der Waals surface area contributed by atoms with Crippen LogP contribution in [-0.4, -0.2) is 59.2 Å². The van der Waals surface area contributed by atoms with Crippen LogP contribution in [0.5, 0.6) is 0 Å². The van der Waals surface area contributed by atoms with E-state index >= 15 is 0 Å². The first-order valence-electron chi connectivity index (χ1n) is 6.14. The van der Waals surface area contributed by atoms with Crippen LogP contribution in [0.15, 0.2) is 0 Å². The Morgan fingerprint density at radius 2 is 1.18 bits per heavy atom. The lowest BCUT2D eigenvalue weighted by molar-refractivity contribution is 0.583. The van der Waals surface area contributed by atoms with Crippen molar-refractivity contribution in [2.24, 2.45) is 11.5 Å². The summed E-state index contributed by atoms with van der Waals surface area (Å²) in [6.45, 7) is 4.06. The largest absolute Gasteiger partial charge is 0.329 e. The van der Waals surface area contributed by atoms with Crippen molar-refractivity contribution in [2.75, 3.05) is 50.8 Å². The van der Waals surface area contributed by atoms with E-state index in [0.717, 1.165) is 13.1 Å². The maximum Gasteiger partial charge on any atom is 0.150 e.